The minimum Gasteiger partial charge on any atom is -0.399 e. The lowest BCUT2D eigenvalue weighted by molar-refractivity contribution is 0.371. The van der Waals surface area contributed by atoms with Crippen molar-refractivity contribution < 1.29 is 0 Å². The molecule has 1 nitrogen and oxygen atoms in total. The van der Waals surface area contributed by atoms with Crippen LogP contribution in [0.2, 0.25) is 0 Å². The molecule has 1 atom stereocenters. The van der Waals surface area contributed by atoms with Gasteiger partial charge in [0.15, 0.2) is 0 Å². The highest BCUT2D eigenvalue weighted by Crippen LogP contribution is 2.35. The van der Waals surface area contributed by atoms with E-state index in [1.54, 1.807) is 0 Å². The average molecular weight is 247 g/mol. The van der Waals surface area contributed by atoms with Crippen molar-refractivity contribution >= 4 is 5.69 Å². The van der Waals surface area contributed by atoms with Crippen molar-refractivity contribution in [3.05, 3.63) is 29.8 Å². The van der Waals surface area contributed by atoms with Crippen LogP contribution in [0.3, 0.4) is 0 Å². The van der Waals surface area contributed by atoms with Gasteiger partial charge in [0.05, 0.1) is 0 Å². The van der Waals surface area contributed by atoms with E-state index in [1.165, 1.54) is 50.5 Å². The molecule has 0 aliphatic heterocycles. The SMILES string of the molecule is CCCCCC(C)(CCCC)c1cccc(N)c1. The molecule has 2 N–H and O–H groups in total. The van der Waals surface area contributed by atoms with Crippen molar-refractivity contribution in [1.82, 2.24) is 0 Å². The molecule has 0 amide bonds. The van der Waals surface area contributed by atoms with Gasteiger partial charge in [-0.25, -0.2) is 0 Å². The van der Waals surface area contributed by atoms with Crippen LogP contribution in [-0.4, -0.2) is 0 Å². The van der Waals surface area contributed by atoms with Crippen molar-refractivity contribution in [1.29, 1.82) is 0 Å². The van der Waals surface area contributed by atoms with Crippen molar-refractivity contribution in [3.8, 4) is 0 Å². The van der Waals surface area contributed by atoms with Crippen LogP contribution in [0.5, 0.6) is 0 Å². The summed E-state index contributed by atoms with van der Waals surface area (Å²) in [7, 11) is 0. The first kappa shape index (κ1) is 15.1. The van der Waals surface area contributed by atoms with Gasteiger partial charge >= 0.3 is 0 Å². The number of nitrogens with two attached hydrogens (primary N) is 1. The van der Waals surface area contributed by atoms with Crippen molar-refractivity contribution in [3.63, 3.8) is 0 Å². The zero-order chi connectivity index (χ0) is 13.4. The van der Waals surface area contributed by atoms with E-state index in [-0.39, 0.29) is 0 Å². The zero-order valence-electron chi connectivity index (χ0n) is 12.3. The molecule has 0 heterocycles. The van der Waals surface area contributed by atoms with Gasteiger partial charge in [-0.2, -0.15) is 0 Å². The Morgan fingerprint density at radius 2 is 1.67 bits per heavy atom. The van der Waals surface area contributed by atoms with Crippen molar-refractivity contribution in [2.24, 2.45) is 0 Å². The molecular formula is C17H29N. The third kappa shape index (κ3) is 4.36. The van der Waals surface area contributed by atoms with Crippen LogP contribution < -0.4 is 5.73 Å². The molecule has 0 saturated heterocycles. The first-order chi connectivity index (χ1) is 8.62. The standard InChI is InChI=1S/C17H29N/c1-4-6-8-13-17(3,12-7-5-2)15-10-9-11-16(18)14-15/h9-11,14H,4-8,12-13,18H2,1-3H3. The number of nitrogen functional groups attached to an aromatic ring is 1. The molecule has 0 bridgehead atoms. The lowest BCUT2D eigenvalue weighted by Crippen LogP contribution is -2.22. The summed E-state index contributed by atoms with van der Waals surface area (Å²) >= 11 is 0. The van der Waals surface area contributed by atoms with E-state index in [2.05, 4.69) is 39.0 Å². The molecule has 0 aliphatic carbocycles. The smallest absolute Gasteiger partial charge is 0.0316 e. The van der Waals surface area contributed by atoms with Gasteiger partial charge in [-0.05, 0) is 36.0 Å². The summed E-state index contributed by atoms with van der Waals surface area (Å²) in [4.78, 5) is 0. The van der Waals surface area contributed by atoms with Crippen LogP contribution in [0.1, 0.15) is 71.3 Å². The lowest BCUT2D eigenvalue weighted by atomic mass is 9.74. The van der Waals surface area contributed by atoms with Gasteiger partial charge in [-0.15, -0.1) is 0 Å². The van der Waals surface area contributed by atoms with Crippen molar-refractivity contribution in [2.45, 2.75) is 71.1 Å². The number of benzene rings is 1. The molecule has 18 heavy (non-hydrogen) atoms. The molecule has 102 valence electrons. The number of hydrogen-bond donors (Lipinski definition) is 1. The highest BCUT2D eigenvalue weighted by molar-refractivity contribution is 5.43. The normalized spacial score (nSPS) is 14.4. The van der Waals surface area contributed by atoms with Crippen LogP contribution in [0.15, 0.2) is 24.3 Å². The van der Waals surface area contributed by atoms with Gasteiger partial charge in [-0.3, -0.25) is 0 Å². The third-order valence-corrected chi connectivity index (χ3v) is 4.00. The lowest BCUT2D eigenvalue weighted by Gasteiger charge is -2.31. The van der Waals surface area contributed by atoms with Crippen molar-refractivity contribution in [2.75, 3.05) is 5.73 Å². The Kier molecular flexibility index (Phi) is 6.24. The van der Waals surface area contributed by atoms with E-state index in [0.29, 0.717) is 5.41 Å². The first-order valence-corrected chi connectivity index (χ1v) is 7.48. The van der Waals surface area contributed by atoms with E-state index in [1.807, 2.05) is 6.07 Å². The highest BCUT2D eigenvalue weighted by Gasteiger charge is 2.25. The minimum atomic E-state index is 0.306. The fraction of sp³-hybridized carbons (Fsp3) is 0.647. The Hall–Kier alpha value is -0.980. The van der Waals surface area contributed by atoms with Crippen LogP contribution in [-0.2, 0) is 5.41 Å². The summed E-state index contributed by atoms with van der Waals surface area (Å²) in [6, 6.07) is 8.49. The van der Waals surface area contributed by atoms with Crippen LogP contribution in [0.25, 0.3) is 0 Å². The zero-order valence-corrected chi connectivity index (χ0v) is 12.3. The second kappa shape index (κ2) is 7.45. The number of hydrogen-bond acceptors (Lipinski definition) is 1. The maximum absolute atomic E-state index is 5.94. The Morgan fingerprint density at radius 3 is 2.28 bits per heavy atom. The molecule has 1 aromatic rings. The summed E-state index contributed by atoms with van der Waals surface area (Å²) in [5.74, 6) is 0. The molecule has 0 spiro atoms. The number of unbranched alkanes of at least 4 members (excludes halogenated alkanes) is 3. The molecule has 1 unspecified atom stereocenters. The van der Waals surface area contributed by atoms with Gasteiger partial charge in [0.1, 0.15) is 0 Å². The van der Waals surface area contributed by atoms with E-state index < -0.39 is 0 Å². The molecular weight excluding hydrogens is 218 g/mol. The summed E-state index contributed by atoms with van der Waals surface area (Å²) in [6.45, 7) is 6.95. The Morgan fingerprint density at radius 1 is 1.00 bits per heavy atom. The van der Waals surface area contributed by atoms with Gasteiger partial charge in [0.25, 0.3) is 0 Å². The second-order valence-electron chi connectivity index (χ2n) is 5.75. The topological polar surface area (TPSA) is 26.0 Å². The Labute approximate surface area is 113 Å². The van der Waals surface area contributed by atoms with E-state index >= 15 is 0 Å². The fourth-order valence-corrected chi connectivity index (χ4v) is 2.66. The van der Waals surface area contributed by atoms with Gasteiger partial charge in [-0.1, -0.05) is 65.0 Å². The quantitative estimate of drug-likeness (QED) is 0.490. The van der Waals surface area contributed by atoms with Gasteiger partial charge < -0.3 is 5.73 Å². The van der Waals surface area contributed by atoms with Crippen LogP contribution in [0, 0.1) is 0 Å². The molecule has 0 fully saturated rings. The predicted octanol–water partition coefficient (Wildman–Crippen LogP) is 5.30. The molecule has 1 rings (SSSR count). The monoisotopic (exact) mass is 247 g/mol. The molecule has 0 aliphatic rings. The molecule has 1 heteroatoms. The average Bonchev–Trinajstić information content (AvgIpc) is 2.37. The van der Waals surface area contributed by atoms with E-state index in [9.17, 15) is 0 Å². The summed E-state index contributed by atoms with van der Waals surface area (Å²) in [6.07, 6.45) is 9.08. The Bertz CT molecular complexity index is 345. The minimum absolute atomic E-state index is 0.306. The van der Waals surface area contributed by atoms with Gasteiger partial charge in [0, 0.05) is 5.69 Å². The maximum Gasteiger partial charge on any atom is 0.0316 e. The molecule has 0 aromatic heterocycles. The second-order valence-corrected chi connectivity index (χ2v) is 5.75. The van der Waals surface area contributed by atoms with E-state index in [0.717, 1.165) is 5.69 Å². The fourth-order valence-electron chi connectivity index (χ4n) is 2.66. The molecule has 0 saturated carbocycles. The summed E-state index contributed by atoms with van der Waals surface area (Å²) in [5, 5.41) is 0. The largest absolute Gasteiger partial charge is 0.399 e. The van der Waals surface area contributed by atoms with Crippen LogP contribution >= 0.6 is 0 Å². The Balaban J connectivity index is 2.81. The third-order valence-electron chi connectivity index (χ3n) is 4.00. The number of anilines is 1. The van der Waals surface area contributed by atoms with Crippen LogP contribution in [0.4, 0.5) is 5.69 Å². The molecule has 0 radical (unpaired) electrons. The number of rotatable bonds is 8. The van der Waals surface area contributed by atoms with E-state index in [4.69, 9.17) is 5.73 Å². The molecule has 1 aromatic carbocycles. The summed E-state index contributed by atoms with van der Waals surface area (Å²) in [5.41, 5.74) is 8.56. The first-order valence-electron chi connectivity index (χ1n) is 7.48. The highest BCUT2D eigenvalue weighted by atomic mass is 14.5. The maximum atomic E-state index is 5.94. The summed E-state index contributed by atoms with van der Waals surface area (Å²) < 4.78 is 0. The predicted molar refractivity (Wildman–Crippen MR) is 81.9 cm³/mol. The van der Waals surface area contributed by atoms with Gasteiger partial charge in [0.2, 0.25) is 0 Å².